The van der Waals surface area contributed by atoms with Crippen molar-refractivity contribution in [3.63, 3.8) is 0 Å². The summed E-state index contributed by atoms with van der Waals surface area (Å²) in [6.07, 6.45) is 0.490. The van der Waals surface area contributed by atoms with E-state index in [1.165, 1.54) is 6.07 Å². The molecule has 0 spiro atoms. The molecule has 5 nitrogen and oxygen atoms in total. The third kappa shape index (κ3) is 4.52. The highest BCUT2D eigenvalue weighted by Crippen LogP contribution is 2.20. The highest BCUT2D eigenvalue weighted by molar-refractivity contribution is 7.71. The van der Waals surface area contributed by atoms with Gasteiger partial charge in [-0.25, -0.2) is 14.1 Å². The maximum absolute atomic E-state index is 13.9. The van der Waals surface area contributed by atoms with Gasteiger partial charge in [-0.1, -0.05) is 17.7 Å². The number of halogens is 2. The number of thiazole rings is 1. The lowest BCUT2D eigenvalue weighted by Gasteiger charge is -2.17. The van der Waals surface area contributed by atoms with Crippen molar-refractivity contribution < 1.29 is 8.81 Å². The Morgan fingerprint density at radius 2 is 2.24 bits per heavy atom. The van der Waals surface area contributed by atoms with Gasteiger partial charge in [-0.05, 0) is 38.3 Å². The van der Waals surface area contributed by atoms with Crippen LogP contribution in [-0.2, 0) is 19.6 Å². The number of benzene rings is 1. The Morgan fingerprint density at radius 3 is 2.92 bits per heavy atom. The van der Waals surface area contributed by atoms with Crippen LogP contribution in [-0.4, -0.2) is 26.7 Å². The molecular formula is C16H16ClFN4OS2. The Labute approximate surface area is 158 Å². The minimum atomic E-state index is -0.331. The lowest BCUT2D eigenvalue weighted by atomic mass is 10.2. The van der Waals surface area contributed by atoms with Crippen molar-refractivity contribution >= 4 is 35.2 Å². The van der Waals surface area contributed by atoms with Crippen LogP contribution >= 0.6 is 35.2 Å². The number of hydrogen-bond donors (Lipinski definition) is 0. The molecular weight excluding hydrogens is 383 g/mol. The summed E-state index contributed by atoms with van der Waals surface area (Å²) in [4.78, 5) is 6.52. The highest BCUT2D eigenvalue weighted by atomic mass is 35.5. The average Bonchev–Trinajstić information content (AvgIpc) is 3.09. The van der Waals surface area contributed by atoms with E-state index in [4.69, 9.17) is 28.2 Å². The third-order valence-corrected chi connectivity index (χ3v) is 4.98. The lowest BCUT2D eigenvalue weighted by Crippen LogP contribution is -2.23. The molecule has 0 fully saturated rings. The molecule has 0 atom stereocenters. The van der Waals surface area contributed by atoms with Gasteiger partial charge < -0.3 is 4.42 Å². The third-order valence-electron chi connectivity index (χ3n) is 3.51. The standard InChI is InChI=1S/C16H16ClFN4OS2/c1-10-19-11(8-25-10)6-15-20-22(16(24)23-15)9-21(2)7-12-13(17)4-3-5-14(12)18/h3-5,8H,6-7,9H2,1-2H3. The number of hydrogen-bond acceptors (Lipinski definition) is 6. The van der Waals surface area contributed by atoms with Gasteiger partial charge in [-0.3, -0.25) is 4.90 Å². The minimum Gasteiger partial charge on any atom is -0.414 e. The van der Waals surface area contributed by atoms with Crippen LogP contribution in [0.4, 0.5) is 4.39 Å². The fourth-order valence-corrected chi connectivity index (χ4v) is 3.42. The summed E-state index contributed by atoms with van der Waals surface area (Å²) in [5.74, 6) is 0.176. The smallest absolute Gasteiger partial charge is 0.288 e. The molecule has 9 heteroatoms. The van der Waals surface area contributed by atoms with E-state index >= 15 is 0 Å². The van der Waals surface area contributed by atoms with Gasteiger partial charge in [0.1, 0.15) is 5.82 Å². The monoisotopic (exact) mass is 398 g/mol. The average molecular weight is 399 g/mol. The minimum absolute atomic E-state index is 0.272. The Bertz CT molecular complexity index is 916. The Hall–Kier alpha value is -1.61. The predicted molar refractivity (Wildman–Crippen MR) is 97.9 cm³/mol. The van der Waals surface area contributed by atoms with Crippen LogP contribution in [0.2, 0.25) is 5.02 Å². The largest absolute Gasteiger partial charge is 0.414 e. The number of aromatic nitrogens is 3. The molecule has 0 aliphatic heterocycles. The van der Waals surface area contributed by atoms with Crippen LogP contribution in [0.25, 0.3) is 0 Å². The maximum atomic E-state index is 13.9. The fraction of sp³-hybridized carbons (Fsp3) is 0.312. The first kappa shape index (κ1) is 18.2. The topological polar surface area (TPSA) is 47.1 Å². The summed E-state index contributed by atoms with van der Waals surface area (Å²) in [5, 5.41) is 7.75. The molecule has 0 radical (unpaired) electrons. The summed E-state index contributed by atoms with van der Waals surface area (Å²) in [6, 6.07) is 4.65. The molecule has 0 unspecified atom stereocenters. The molecule has 0 N–H and O–H groups in total. The van der Waals surface area contributed by atoms with Gasteiger partial charge in [0, 0.05) is 22.5 Å². The van der Waals surface area contributed by atoms with Crippen molar-refractivity contribution in [1.82, 2.24) is 19.7 Å². The van der Waals surface area contributed by atoms with Gasteiger partial charge in [0.15, 0.2) is 0 Å². The molecule has 1 aromatic carbocycles. The van der Waals surface area contributed by atoms with Crippen LogP contribution in [0.3, 0.4) is 0 Å². The van der Waals surface area contributed by atoms with Gasteiger partial charge in [0.05, 0.1) is 23.8 Å². The van der Waals surface area contributed by atoms with E-state index in [1.807, 2.05) is 24.3 Å². The highest BCUT2D eigenvalue weighted by Gasteiger charge is 2.13. The van der Waals surface area contributed by atoms with Crippen LogP contribution in [0.15, 0.2) is 28.0 Å². The Kier molecular flexibility index (Phi) is 5.63. The van der Waals surface area contributed by atoms with Gasteiger partial charge in [-0.15, -0.1) is 16.4 Å². The van der Waals surface area contributed by atoms with E-state index in [9.17, 15) is 4.39 Å². The quantitative estimate of drug-likeness (QED) is 0.574. The number of nitrogens with zero attached hydrogens (tertiary/aromatic N) is 4. The molecule has 0 saturated heterocycles. The predicted octanol–water partition coefficient (Wildman–Crippen LogP) is 4.44. The van der Waals surface area contributed by atoms with Crippen molar-refractivity contribution in [3.05, 3.63) is 61.4 Å². The number of rotatable bonds is 6. The second-order valence-electron chi connectivity index (χ2n) is 5.65. The SMILES string of the molecule is Cc1nc(Cc2nn(CN(C)Cc3c(F)cccc3Cl)c(=S)o2)cs1. The molecule has 0 saturated carbocycles. The molecule has 0 aliphatic rings. The van der Waals surface area contributed by atoms with Crippen molar-refractivity contribution in [2.45, 2.75) is 26.6 Å². The van der Waals surface area contributed by atoms with E-state index in [0.29, 0.717) is 36.1 Å². The van der Waals surface area contributed by atoms with Crippen molar-refractivity contribution in [3.8, 4) is 0 Å². The maximum Gasteiger partial charge on any atom is 0.288 e. The van der Waals surface area contributed by atoms with Crippen LogP contribution < -0.4 is 0 Å². The van der Waals surface area contributed by atoms with Crippen LogP contribution in [0.1, 0.15) is 22.2 Å². The first-order valence-electron chi connectivity index (χ1n) is 7.51. The van der Waals surface area contributed by atoms with Crippen molar-refractivity contribution in [2.75, 3.05) is 7.05 Å². The normalized spacial score (nSPS) is 11.4. The summed E-state index contributed by atoms with van der Waals surface area (Å²) < 4.78 is 21.0. The summed E-state index contributed by atoms with van der Waals surface area (Å²) in [6.45, 7) is 2.65. The summed E-state index contributed by atoms with van der Waals surface area (Å²) >= 11 is 12.9. The molecule has 3 rings (SSSR count). The fourth-order valence-electron chi connectivity index (χ4n) is 2.39. The van der Waals surface area contributed by atoms with Crippen LogP contribution in [0.5, 0.6) is 0 Å². The van der Waals surface area contributed by atoms with Crippen molar-refractivity contribution in [1.29, 1.82) is 0 Å². The molecule has 0 aliphatic carbocycles. The summed E-state index contributed by atoms with van der Waals surface area (Å²) in [5.41, 5.74) is 1.34. The van der Waals surface area contributed by atoms with Gasteiger partial charge in [-0.2, -0.15) is 0 Å². The summed E-state index contributed by atoms with van der Waals surface area (Å²) in [7, 11) is 1.84. The molecule has 3 aromatic rings. The lowest BCUT2D eigenvalue weighted by molar-refractivity contribution is 0.238. The zero-order valence-electron chi connectivity index (χ0n) is 13.7. The first-order valence-corrected chi connectivity index (χ1v) is 9.18. The van der Waals surface area contributed by atoms with E-state index in [1.54, 1.807) is 28.2 Å². The molecule has 0 amide bonds. The molecule has 132 valence electrons. The number of aryl methyl sites for hydroxylation is 1. The second-order valence-corrected chi connectivity index (χ2v) is 7.47. The van der Waals surface area contributed by atoms with Gasteiger partial charge >= 0.3 is 0 Å². The van der Waals surface area contributed by atoms with Crippen molar-refractivity contribution in [2.24, 2.45) is 0 Å². The van der Waals surface area contributed by atoms with Gasteiger partial charge in [0.2, 0.25) is 5.89 Å². The Morgan fingerprint density at radius 1 is 1.44 bits per heavy atom. The van der Waals surface area contributed by atoms with Gasteiger partial charge in [0.25, 0.3) is 4.84 Å². The van der Waals surface area contributed by atoms with E-state index in [2.05, 4.69) is 10.1 Å². The second kappa shape index (κ2) is 7.74. The molecule has 2 heterocycles. The zero-order chi connectivity index (χ0) is 18.0. The molecule has 2 aromatic heterocycles. The van der Waals surface area contributed by atoms with E-state index in [0.717, 1.165) is 10.7 Å². The Balaban J connectivity index is 1.69. The zero-order valence-corrected chi connectivity index (χ0v) is 16.1. The van der Waals surface area contributed by atoms with E-state index < -0.39 is 0 Å². The first-order chi connectivity index (χ1) is 11.9. The van der Waals surface area contributed by atoms with E-state index in [-0.39, 0.29) is 10.7 Å². The molecule has 0 bridgehead atoms. The van der Waals surface area contributed by atoms with Crippen LogP contribution in [0, 0.1) is 17.6 Å². The molecule has 25 heavy (non-hydrogen) atoms.